The smallest absolute Gasteiger partial charge is 0.225 e. The van der Waals surface area contributed by atoms with Crippen molar-refractivity contribution in [3.05, 3.63) is 53.3 Å². The fourth-order valence-electron chi connectivity index (χ4n) is 3.77. The van der Waals surface area contributed by atoms with Crippen molar-refractivity contribution >= 4 is 34.2 Å². The van der Waals surface area contributed by atoms with E-state index in [2.05, 4.69) is 14.9 Å². The first-order chi connectivity index (χ1) is 14.4. The van der Waals surface area contributed by atoms with E-state index in [1.807, 2.05) is 18.7 Å². The number of carbonyl (C=O) groups is 1. The molecular weight excluding hydrogens is 410 g/mol. The van der Waals surface area contributed by atoms with E-state index >= 15 is 0 Å². The fourth-order valence-corrected chi connectivity index (χ4v) is 4.02. The Hall–Kier alpha value is -2.80. The second-order valence-corrected chi connectivity index (χ2v) is 8.02. The van der Waals surface area contributed by atoms with Crippen LogP contribution in [0.25, 0.3) is 22.0 Å². The van der Waals surface area contributed by atoms with Crippen molar-refractivity contribution in [3.63, 3.8) is 0 Å². The van der Waals surface area contributed by atoms with Gasteiger partial charge in [0, 0.05) is 48.1 Å². The van der Waals surface area contributed by atoms with Crippen LogP contribution in [0.15, 0.2) is 36.7 Å². The van der Waals surface area contributed by atoms with E-state index in [0.29, 0.717) is 42.9 Å². The Bertz CT molecular complexity index is 1090. The van der Waals surface area contributed by atoms with E-state index in [4.69, 9.17) is 11.6 Å². The molecule has 1 amide bonds. The predicted molar refractivity (Wildman–Crippen MR) is 114 cm³/mol. The summed E-state index contributed by atoms with van der Waals surface area (Å²) in [5.74, 6) is -0.568. The van der Waals surface area contributed by atoms with E-state index < -0.39 is 11.6 Å². The first kappa shape index (κ1) is 20.5. The molecule has 0 bridgehead atoms. The van der Waals surface area contributed by atoms with Crippen molar-refractivity contribution < 1.29 is 13.6 Å². The van der Waals surface area contributed by atoms with Crippen molar-refractivity contribution in [2.45, 2.75) is 13.8 Å². The highest BCUT2D eigenvalue weighted by molar-refractivity contribution is 6.34. The van der Waals surface area contributed by atoms with Crippen LogP contribution in [0.4, 0.5) is 14.6 Å². The number of halogens is 3. The molecule has 0 aliphatic carbocycles. The number of rotatable bonds is 3. The molecule has 0 N–H and O–H groups in total. The minimum Gasteiger partial charge on any atom is -0.352 e. The summed E-state index contributed by atoms with van der Waals surface area (Å²) in [6.45, 7) is 6.26. The summed E-state index contributed by atoms with van der Waals surface area (Å²) < 4.78 is 28.5. The van der Waals surface area contributed by atoms with Crippen LogP contribution < -0.4 is 4.90 Å². The molecule has 156 valence electrons. The van der Waals surface area contributed by atoms with E-state index in [1.165, 1.54) is 24.5 Å². The fraction of sp³-hybridized carbons (Fsp3) is 0.318. The van der Waals surface area contributed by atoms with Gasteiger partial charge < -0.3 is 9.80 Å². The summed E-state index contributed by atoms with van der Waals surface area (Å²) in [4.78, 5) is 24.9. The summed E-state index contributed by atoms with van der Waals surface area (Å²) in [6.07, 6.45) is 1.43. The van der Waals surface area contributed by atoms with Crippen LogP contribution in [0.3, 0.4) is 0 Å². The third-order valence-electron chi connectivity index (χ3n) is 5.32. The highest BCUT2D eigenvalue weighted by atomic mass is 35.5. The lowest BCUT2D eigenvalue weighted by molar-refractivity contribution is -0.134. The number of aromatic nitrogens is 2. The van der Waals surface area contributed by atoms with Crippen LogP contribution >= 0.6 is 11.6 Å². The van der Waals surface area contributed by atoms with Gasteiger partial charge in [0.1, 0.15) is 23.8 Å². The number of benzene rings is 2. The second-order valence-electron chi connectivity index (χ2n) is 7.61. The number of anilines is 1. The SMILES string of the molecule is CC(C)C(=O)N1CCN(c2ncnc3cc(-c4c(F)cccc4F)c(Cl)cc23)CC1. The molecule has 1 aromatic heterocycles. The molecule has 1 aliphatic rings. The van der Waals surface area contributed by atoms with Crippen LogP contribution in [-0.4, -0.2) is 47.0 Å². The molecule has 2 aromatic carbocycles. The Balaban J connectivity index is 1.69. The molecule has 1 fully saturated rings. The normalized spacial score (nSPS) is 14.6. The summed E-state index contributed by atoms with van der Waals surface area (Å²) >= 11 is 6.43. The quantitative estimate of drug-likeness (QED) is 0.612. The van der Waals surface area contributed by atoms with Gasteiger partial charge in [-0.15, -0.1) is 0 Å². The van der Waals surface area contributed by atoms with E-state index in [1.54, 1.807) is 12.1 Å². The van der Waals surface area contributed by atoms with Gasteiger partial charge in [-0.2, -0.15) is 0 Å². The van der Waals surface area contributed by atoms with Crippen LogP contribution in [0.2, 0.25) is 5.02 Å². The van der Waals surface area contributed by atoms with Crippen LogP contribution in [-0.2, 0) is 4.79 Å². The lowest BCUT2D eigenvalue weighted by Crippen LogP contribution is -2.50. The summed E-state index contributed by atoms with van der Waals surface area (Å²) in [6, 6.07) is 6.94. The number of carbonyl (C=O) groups excluding carboxylic acids is 1. The molecule has 1 aliphatic heterocycles. The van der Waals surface area contributed by atoms with Crippen LogP contribution in [0.1, 0.15) is 13.8 Å². The molecular formula is C22H21ClF2N4O. The molecule has 8 heteroatoms. The van der Waals surface area contributed by atoms with E-state index in [-0.39, 0.29) is 28.0 Å². The topological polar surface area (TPSA) is 49.3 Å². The van der Waals surface area contributed by atoms with Gasteiger partial charge in [-0.05, 0) is 24.3 Å². The lowest BCUT2D eigenvalue weighted by atomic mass is 10.0. The van der Waals surface area contributed by atoms with Crippen molar-refractivity contribution in [2.24, 2.45) is 5.92 Å². The molecule has 0 unspecified atom stereocenters. The minimum atomic E-state index is -0.684. The van der Waals surface area contributed by atoms with Crippen molar-refractivity contribution in [3.8, 4) is 11.1 Å². The Morgan fingerprint density at radius 2 is 1.73 bits per heavy atom. The van der Waals surface area contributed by atoms with Gasteiger partial charge in [0.2, 0.25) is 5.91 Å². The van der Waals surface area contributed by atoms with Crippen molar-refractivity contribution in [1.29, 1.82) is 0 Å². The zero-order valence-corrected chi connectivity index (χ0v) is 17.5. The van der Waals surface area contributed by atoms with Crippen LogP contribution in [0, 0.1) is 17.6 Å². The Morgan fingerprint density at radius 3 is 2.37 bits per heavy atom. The molecule has 2 heterocycles. The van der Waals surface area contributed by atoms with Gasteiger partial charge in [0.15, 0.2) is 0 Å². The molecule has 1 saturated heterocycles. The number of fused-ring (bicyclic) bond motifs is 1. The Labute approximate surface area is 178 Å². The monoisotopic (exact) mass is 430 g/mol. The van der Waals surface area contributed by atoms with Crippen LogP contribution in [0.5, 0.6) is 0 Å². The maximum absolute atomic E-state index is 14.3. The van der Waals surface area contributed by atoms with E-state index in [9.17, 15) is 13.6 Å². The molecule has 0 spiro atoms. The lowest BCUT2D eigenvalue weighted by Gasteiger charge is -2.36. The highest BCUT2D eigenvalue weighted by Crippen LogP contribution is 2.37. The Morgan fingerprint density at radius 1 is 1.07 bits per heavy atom. The van der Waals surface area contributed by atoms with Crippen molar-refractivity contribution in [1.82, 2.24) is 14.9 Å². The number of nitrogens with zero attached hydrogens (tertiary/aromatic N) is 4. The zero-order chi connectivity index (χ0) is 21.4. The van der Waals surface area contributed by atoms with Crippen molar-refractivity contribution in [2.75, 3.05) is 31.1 Å². The maximum Gasteiger partial charge on any atom is 0.225 e. The highest BCUT2D eigenvalue weighted by Gasteiger charge is 2.25. The van der Waals surface area contributed by atoms with Gasteiger partial charge >= 0.3 is 0 Å². The third-order valence-corrected chi connectivity index (χ3v) is 5.63. The molecule has 0 atom stereocenters. The van der Waals surface area contributed by atoms with Gasteiger partial charge in [-0.1, -0.05) is 31.5 Å². The standard InChI is InChI=1S/C22H21ClF2N4O/c1-13(2)22(30)29-8-6-28(7-9-29)21-15-10-16(23)14(11-19(15)26-12-27-21)20-17(24)4-3-5-18(20)25/h3-5,10-13H,6-9H2,1-2H3. The minimum absolute atomic E-state index is 0.0348. The second kappa shape index (κ2) is 8.14. The first-order valence-corrected chi connectivity index (χ1v) is 10.2. The first-order valence-electron chi connectivity index (χ1n) is 9.79. The number of piperazine rings is 1. The zero-order valence-electron chi connectivity index (χ0n) is 16.7. The summed E-state index contributed by atoms with van der Waals surface area (Å²) in [5.41, 5.74) is 0.616. The Kier molecular flexibility index (Phi) is 5.56. The molecule has 3 aromatic rings. The van der Waals surface area contributed by atoms with Gasteiger partial charge in [0.05, 0.1) is 11.1 Å². The summed E-state index contributed by atoms with van der Waals surface area (Å²) in [7, 11) is 0. The number of hydrogen-bond donors (Lipinski definition) is 0. The third kappa shape index (κ3) is 3.69. The molecule has 0 saturated carbocycles. The molecule has 4 rings (SSSR count). The molecule has 30 heavy (non-hydrogen) atoms. The van der Waals surface area contributed by atoms with E-state index in [0.717, 1.165) is 0 Å². The van der Waals surface area contributed by atoms with Gasteiger partial charge in [0.25, 0.3) is 0 Å². The number of amides is 1. The molecule has 0 radical (unpaired) electrons. The predicted octanol–water partition coefficient (Wildman–Crippen LogP) is 4.53. The average molecular weight is 431 g/mol. The average Bonchev–Trinajstić information content (AvgIpc) is 2.73. The maximum atomic E-state index is 14.3. The molecule has 5 nitrogen and oxygen atoms in total. The van der Waals surface area contributed by atoms with Gasteiger partial charge in [-0.3, -0.25) is 4.79 Å². The number of hydrogen-bond acceptors (Lipinski definition) is 4. The summed E-state index contributed by atoms with van der Waals surface area (Å²) in [5, 5.41) is 0.919. The van der Waals surface area contributed by atoms with Gasteiger partial charge in [-0.25, -0.2) is 18.7 Å². The largest absolute Gasteiger partial charge is 0.352 e.